The summed E-state index contributed by atoms with van der Waals surface area (Å²) in [6.45, 7) is 5.78. The highest BCUT2D eigenvalue weighted by Gasteiger charge is 2.31. The van der Waals surface area contributed by atoms with Crippen LogP contribution in [0, 0.1) is 0 Å². The van der Waals surface area contributed by atoms with Gasteiger partial charge < -0.3 is 20.1 Å². The molecule has 1 saturated heterocycles. The summed E-state index contributed by atoms with van der Waals surface area (Å²) in [5.74, 6) is 2.27. The Kier molecular flexibility index (Phi) is 11.5. The molecule has 0 spiro atoms. The van der Waals surface area contributed by atoms with Crippen LogP contribution in [0.25, 0.3) is 0 Å². The van der Waals surface area contributed by atoms with E-state index in [1.807, 2.05) is 30.9 Å². The van der Waals surface area contributed by atoms with Gasteiger partial charge in [-0.15, -0.1) is 24.0 Å². The Labute approximate surface area is 185 Å². The van der Waals surface area contributed by atoms with Crippen LogP contribution in [0.2, 0.25) is 0 Å². The van der Waals surface area contributed by atoms with Crippen molar-refractivity contribution in [3.63, 3.8) is 0 Å². The Bertz CT molecular complexity index is 563. The van der Waals surface area contributed by atoms with Crippen LogP contribution in [-0.4, -0.2) is 57.4 Å². The van der Waals surface area contributed by atoms with E-state index in [4.69, 9.17) is 9.47 Å². The number of thioether (sulfide) groups is 1. The molecule has 1 atom stereocenters. The molecule has 1 aromatic carbocycles. The van der Waals surface area contributed by atoms with Gasteiger partial charge in [-0.2, -0.15) is 11.8 Å². The molecule has 0 aromatic heterocycles. The summed E-state index contributed by atoms with van der Waals surface area (Å²) in [5.41, 5.74) is 1.33. The van der Waals surface area contributed by atoms with Crippen molar-refractivity contribution in [1.29, 1.82) is 0 Å². The quantitative estimate of drug-likeness (QED) is 0.318. The lowest BCUT2D eigenvalue weighted by atomic mass is 9.98. The van der Waals surface area contributed by atoms with Crippen molar-refractivity contribution in [2.75, 3.05) is 46.7 Å². The Morgan fingerprint density at radius 3 is 2.48 bits per heavy atom. The fraction of sp³-hybridized carbons (Fsp3) is 0.650. The number of hydrogen-bond acceptors (Lipinski definition) is 4. The van der Waals surface area contributed by atoms with Crippen molar-refractivity contribution in [3.8, 4) is 5.75 Å². The monoisotopic (exact) mass is 507 g/mol. The van der Waals surface area contributed by atoms with Crippen LogP contribution in [0.15, 0.2) is 29.3 Å². The second-order valence-corrected chi connectivity index (χ2v) is 8.09. The van der Waals surface area contributed by atoms with Gasteiger partial charge in [0, 0.05) is 38.1 Å². The third-order valence-corrected chi connectivity index (χ3v) is 6.61. The zero-order valence-corrected chi connectivity index (χ0v) is 20.1. The standard InChI is InChI=1S/C20H33N3O2S.HI/c1-16(17-5-7-18(24-3)8-6-17)9-12-22-19(21-2)23-15-20(26-4)10-13-25-14-11-20;/h5-8,16H,9-15H2,1-4H3,(H2,21,22,23);1H. The first-order chi connectivity index (χ1) is 12.6. The lowest BCUT2D eigenvalue weighted by molar-refractivity contribution is 0.0783. The maximum atomic E-state index is 5.51. The van der Waals surface area contributed by atoms with E-state index in [0.29, 0.717) is 5.92 Å². The number of methoxy groups -OCH3 is 1. The predicted octanol–water partition coefficient (Wildman–Crippen LogP) is 3.88. The number of nitrogens with zero attached hydrogens (tertiary/aromatic N) is 1. The van der Waals surface area contributed by atoms with E-state index in [2.05, 4.69) is 40.9 Å². The molecule has 1 heterocycles. The van der Waals surface area contributed by atoms with Crippen molar-refractivity contribution in [1.82, 2.24) is 10.6 Å². The van der Waals surface area contributed by atoms with Crippen molar-refractivity contribution >= 4 is 41.7 Å². The average molecular weight is 507 g/mol. The summed E-state index contributed by atoms with van der Waals surface area (Å²) in [5, 5.41) is 6.95. The predicted molar refractivity (Wildman–Crippen MR) is 127 cm³/mol. The molecule has 1 unspecified atom stereocenters. The number of hydrogen-bond donors (Lipinski definition) is 2. The largest absolute Gasteiger partial charge is 0.497 e. The smallest absolute Gasteiger partial charge is 0.191 e. The highest BCUT2D eigenvalue weighted by molar-refractivity contribution is 14.0. The van der Waals surface area contributed by atoms with Gasteiger partial charge in [-0.3, -0.25) is 4.99 Å². The fourth-order valence-corrected chi connectivity index (χ4v) is 3.96. The molecule has 1 aliphatic heterocycles. The van der Waals surface area contributed by atoms with Crippen LogP contribution in [0.3, 0.4) is 0 Å². The highest BCUT2D eigenvalue weighted by atomic mass is 127. The SMILES string of the molecule is CN=C(NCCC(C)c1ccc(OC)cc1)NCC1(SC)CCOCC1.I. The molecule has 2 rings (SSSR count). The molecule has 0 aliphatic carbocycles. The molecule has 5 nitrogen and oxygen atoms in total. The van der Waals surface area contributed by atoms with Gasteiger partial charge in [0.05, 0.1) is 7.11 Å². The van der Waals surface area contributed by atoms with Crippen LogP contribution in [0.1, 0.15) is 37.7 Å². The number of nitrogens with one attached hydrogen (secondary N) is 2. The number of aliphatic imine (C=N–C) groups is 1. The van der Waals surface area contributed by atoms with Gasteiger partial charge in [-0.05, 0) is 49.1 Å². The van der Waals surface area contributed by atoms with Crippen molar-refractivity contribution in [3.05, 3.63) is 29.8 Å². The lowest BCUT2D eigenvalue weighted by Gasteiger charge is -2.36. The van der Waals surface area contributed by atoms with E-state index in [1.165, 1.54) is 5.56 Å². The summed E-state index contributed by atoms with van der Waals surface area (Å²) >= 11 is 1.94. The van der Waals surface area contributed by atoms with Crippen molar-refractivity contribution in [2.24, 2.45) is 4.99 Å². The van der Waals surface area contributed by atoms with Crippen LogP contribution in [-0.2, 0) is 4.74 Å². The second kappa shape index (κ2) is 12.7. The van der Waals surface area contributed by atoms with Crippen LogP contribution in [0.5, 0.6) is 5.75 Å². The summed E-state index contributed by atoms with van der Waals surface area (Å²) in [4.78, 5) is 4.37. The van der Waals surface area contributed by atoms with E-state index in [-0.39, 0.29) is 28.7 Å². The maximum Gasteiger partial charge on any atom is 0.191 e. The van der Waals surface area contributed by atoms with Crippen LogP contribution in [0.4, 0.5) is 0 Å². The Morgan fingerprint density at radius 1 is 1.26 bits per heavy atom. The number of halogens is 1. The minimum absolute atomic E-state index is 0. The zero-order valence-electron chi connectivity index (χ0n) is 16.9. The molecular formula is C20H34IN3O2S. The molecule has 0 radical (unpaired) electrons. The number of ether oxygens (including phenoxy) is 2. The molecule has 1 aromatic rings. The number of rotatable bonds is 8. The highest BCUT2D eigenvalue weighted by Crippen LogP contribution is 2.32. The Balaban J connectivity index is 0.00000364. The van der Waals surface area contributed by atoms with Gasteiger partial charge in [-0.25, -0.2) is 0 Å². The topological polar surface area (TPSA) is 54.9 Å². The average Bonchev–Trinajstić information content (AvgIpc) is 2.71. The maximum absolute atomic E-state index is 5.51. The van der Waals surface area contributed by atoms with Crippen molar-refractivity contribution < 1.29 is 9.47 Å². The van der Waals surface area contributed by atoms with Gasteiger partial charge in [0.2, 0.25) is 0 Å². The van der Waals surface area contributed by atoms with E-state index < -0.39 is 0 Å². The zero-order chi connectivity index (χ0) is 18.8. The first-order valence-electron chi connectivity index (χ1n) is 9.34. The second-order valence-electron chi connectivity index (χ2n) is 6.81. The van der Waals surface area contributed by atoms with Crippen molar-refractivity contribution in [2.45, 2.75) is 36.9 Å². The van der Waals surface area contributed by atoms with E-state index in [0.717, 1.165) is 57.3 Å². The van der Waals surface area contributed by atoms with Gasteiger partial charge in [-0.1, -0.05) is 19.1 Å². The van der Waals surface area contributed by atoms with Gasteiger partial charge in [0.25, 0.3) is 0 Å². The number of benzene rings is 1. The third kappa shape index (κ3) is 7.69. The molecule has 1 aliphatic rings. The van der Waals surface area contributed by atoms with Gasteiger partial charge in [0.15, 0.2) is 5.96 Å². The third-order valence-electron chi connectivity index (χ3n) is 5.19. The minimum Gasteiger partial charge on any atom is -0.497 e. The Hall–Kier alpha value is -0.670. The Morgan fingerprint density at radius 2 is 1.93 bits per heavy atom. The van der Waals surface area contributed by atoms with E-state index in [9.17, 15) is 0 Å². The molecule has 27 heavy (non-hydrogen) atoms. The number of guanidine groups is 1. The minimum atomic E-state index is 0. The van der Waals surface area contributed by atoms with E-state index in [1.54, 1.807) is 7.11 Å². The molecule has 1 fully saturated rings. The molecule has 0 amide bonds. The molecule has 0 bridgehead atoms. The fourth-order valence-electron chi connectivity index (χ4n) is 3.17. The summed E-state index contributed by atoms with van der Waals surface area (Å²) in [6.07, 6.45) is 5.42. The van der Waals surface area contributed by atoms with Crippen LogP contribution >= 0.6 is 35.7 Å². The molecular weight excluding hydrogens is 473 g/mol. The first kappa shape index (κ1) is 24.4. The first-order valence-corrected chi connectivity index (χ1v) is 10.6. The molecule has 2 N–H and O–H groups in total. The summed E-state index contributed by atoms with van der Waals surface area (Å²) < 4.78 is 11.0. The van der Waals surface area contributed by atoms with Gasteiger partial charge >= 0.3 is 0 Å². The normalized spacial score (nSPS) is 17.6. The summed E-state index contributed by atoms with van der Waals surface area (Å²) in [7, 11) is 3.53. The van der Waals surface area contributed by atoms with Gasteiger partial charge in [0.1, 0.15) is 5.75 Å². The molecule has 0 saturated carbocycles. The lowest BCUT2D eigenvalue weighted by Crippen LogP contribution is -2.48. The molecule has 154 valence electrons. The van der Waals surface area contributed by atoms with Crippen LogP contribution < -0.4 is 15.4 Å². The molecule has 7 heteroatoms. The van der Waals surface area contributed by atoms with E-state index >= 15 is 0 Å². The summed E-state index contributed by atoms with van der Waals surface area (Å²) in [6, 6.07) is 8.33.